The molecule has 0 bridgehead atoms. The Labute approximate surface area is 178 Å². The number of hydrogen-bond donors (Lipinski definition) is 3. The van der Waals surface area contributed by atoms with Gasteiger partial charge in [-0.05, 0) is 48.0 Å². The molecule has 0 fully saturated rings. The van der Waals surface area contributed by atoms with Gasteiger partial charge >= 0.3 is 0 Å². The summed E-state index contributed by atoms with van der Waals surface area (Å²) in [5.41, 5.74) is 0.724. The highest BCUT2D eigenvalue weighted by molar-refractivity contribution is 7.92. The van der Waals surface area contributed by atoms with Crippen LogP contribution in [0.4, 0.5) is 11.4 Å². The fourth-order valence-electron chi connectivity index (χ4n) is 2.77. The van der Waals surface area contributed by atoms with E-state index in [1.54, 1.807) is 18.2 Å². The van der Waals surface area contributed by atoms with Gasteiger partial charge in [-0.25, -0.2) is 8.42 Å². The van der Waals surface area contributed by atoms with E-state index in [0.29, 0.717) is 5.56 Å². The highest BCUT2D eigenvalue weighted by atomic mass is 32.2. The molecule has 0 aliphatic rings. The quantitative estimate of drug-likeness (QED) is 0.363. The van der Waals surface area contributed by atoms with Gasteiger partial charge in [0.1, 0.15) is 0 Å². The van der Waals surface area contributed by atoms with Crippen LogP contribution in [0.25, 0.3) is 0 Å². The number of carbonyl (C=O) groups is 1. The Morgan fingerprint density at radius 3 is 2.32 bits per heavy atom. The number of anilines is 1. The van der Waals surface area contributed by atoms with Gasteiger partial charge in [-0.15, -0.1) is 0 Å². The van der Waals surface area contributed by atoms with E-state index in [4.69, 9.17) is 0 Å². The average Bonchev–Trinajstić information content (AvgIpc) is 2.77. The van der Waals surface area contributed by atoms with E-state index < -0.39 is 27.0 Å². The zero-order valence-corrected chi connectivity index (χ0v) is 17.0. The molecule has 3 aromatic rings. The molecular formula is C21H19N3O6S. The van der Waals surface area contributed by atoms with E-state index >= 15 is 0 Å². The molecule has 1 amide bonds. The topological polar surface area (TPSA) is 139 Å². The van der Waals surface area contributed by atoms with Gasteiger partial charge in [-0.1, -0.05) is 24.3 Å². The number of nitrogens with zero attached hydrogens (tertiary/aromatic N) is 1. The summed E-state index contributed by atoms with van der Waals surface area (Å²) in [6, 6.07) is 19.1. The minimum atomic E-state index is -3.80. The van der Waals surface area contributed by atoms with Crippen LogP contribution in [0, 0.1) is 10.1 Å². The van der Waals surface area contributed by atoms with Crippen molar-refractivity contribution in [3.63, 3.8) is 0 Å². The molecule has 0 spiro atoms. The Hall–Kier alpha value is -3.76. The van der Waals surface area contributed by atoms with Crippen molar-refractivity contribution in [2.75, 3.05) is 11.3 Å². The molecule has 160 valence electrons. The van der Waals surface area contributed by atoms with Crippen LogP contribution in [0.2, 0.25) is 0 Å². The van der Waals surface area contributed by atoms with Crippen LogP contribution in [-0.4, -0.2) is 30.9 Å². The zero-order chi connectivity index (χ0) is 22.4. The summed E-state index contributed by atoms with van der Waals surface area (Å²) in [6.07, 6.45) is -1.07. The molecule has 3 aromatic carbocycles. The summed E-state index contributed by atoms with van der Waals surface area (Å²) >= 11 is 0. The van der Waals surface area contributed by atoms with Gasteiger partial charge in [-0.3, -0.25) is 19.6 Å². The van der Waals surface area contributed by atoms with Crippen molar-refractivity contribution in [3.8, 4) is 0 Å². The number of aliphatic hydroxyl groups excluding tert-OH is 1. The molecule has 0 heterocycles. The summed E-state index contributed by atoms with van der Waals surface area (Å²) in [5, 5.41) is 23.5. The maximum absolute atomic E-state index is 12.4. The Morgan fingerprint density at radius 2 is 1.68 bits per heavy atom. The maximum atomic E-state index is 12.4. The molecule has 0 aliphatic heterocycles. The molecule has 31 heavy (non-hydrogen) atoms. The van der Waals surface area contributed by atoms with E-state index in [1.165, 1.54) is 60.7 Å². The maximum Gasteiger partial charge on any atom is 0.269 e. The van der Waals surface area contributed by atoms with Crippen molar-refractivity contribution in [1.29, 1.82) is 0 Å². The molecule has 0 saturated heterocycles. The molecule has 0 aromatic heterocycles. The Morgan fingerprint density at radius 1 is 1.00 bits per heavy atom. The monoisotopic (exact) mass is 441 g/mol. The molecule has 3 N–H and O–H groups in total. The van der Waals surface area contributed by atoms with Crippen LogP contribution < -0.4 is 10.0 Å². The first-order valence-corrected chi connectivity index (χ1v) is 10.6. The van der Waals surface area contributed by atoms with Crippen molar-refractivity contribution in [3.05, 3.63) is 100 Å². The molecule has 0 saturated carbocycles. The predicted octanol–water partition coefficient (Wildman–Crippen LogP) is 2.86. The third-order valence-corrected chi connectivity index (χ3v) is 5.77. The van der Waals surface area contributed by atoms with Crippen LogP contribution in [0.3, 0.4) is 0 Å². The van der Waals surface area contributed by atoms with E-state index in [-0.39, 0.29) is 28.4 Å². The van der Waals surface area contributed by atoms with Gasteiger partial charge in [0.2, 0.25) is 0 Å². The number of rotatable bonds is 8. The SMILES string of the molecule is O=C(NCC(O)c1ccc([N+](=O)[O-])cc1)c1cccc(NS(=O)(=O)c2ccccc2)c1. The van der Waals surface area contributed by atoms with Crippen LogP contribution in [0.5, 0.6) is 0 Å². The number of benzene rings is 3. The summed E-state index contributed by atoms with van der Waals surface area (Å²) in [7, 11) is -3.80. The van der Waals surface area contributed by atoms with Crippen molar-refractivity contribution < 1.29 is 23.2 Å². The fourth-order valence-corrected chi connectivity index (χ4v) is 3.84. The number of non-ortho nitro benzene ring substituents is 1. The second-order valence-electron chi connectivity index (χ2n) is 6.57. The number of nitro groups is 1. The first-order chi connectivity index (χ1) is 14.8. The molecule has 1 atom stereocenters. The molecule has 3 rings (SSSR count). The second-order valence-corrected chi connectivity index (χ2v) is 8.26. The first kappa shape index (κ1) is 21.9. The predicted molar refractivity (Wildman–Crippen MR) is 114 cm³/mol. The molecular weight excluding hydrogens is 422 g/mol. The highest BCUT2D eigenvalue weighted by Crippen LogP contribution is 2.19. The number of aliphatic hydroxyl groups is 1. The molecule has 9 nitrogen and oxygen atoms in total. The van der Waals surface area contributed by atoms with E-state index in [9.17, 15) is 28.4 Å². The van der Waals surface area contributed by atoms with E-state index in [2.05, 4.69) is 10.0 Å². The highest BCUT2D eigenvalue weighted by Gasteiger charge is 2.16. The normalized spacial score (nSPS) is 12.0. The number of sulfonamides is 1. The van der Waals surface area contributed by atoms with Crippen molar-refractivity contribution in [2.45, 2.75) is 11.0 Å². The van der Waals surface area contributed by atoms with Gasteiger partial charge in [0.15, 0.2) is 0 Å². The largest absolute Gasteiger partial charge is 0.387 e. The minimum absolute atomic E-state index is 0.0936. The minimum Gasteiger partial charge on any atom is -0.387 e. The third kappa shape index (κ3) is 5.65. The third-order valence-electron chi connectivity index (χ3n) is 4.38. The number of nitro benzene ring substituents is 1. The van der Waals surface area contributed by atoms with Crippen LogP contribution in [-0.2, 0) is 10.0 Å². The van der Waals surface area contributed by atoms with Gasteiger partial charge in [-0.2, -0.15) is 0 Å². The van der Waals surface area contributed by atoms with Crippen molar-refractivity contribution in [1.82, 2.24) is 5.32 Å². The smallest absolute Gasteiger partial charge is 0.269 e. The van der Waals surface area contributed by atoms with E-state index in [1.807, 2.05) is 0 Å². The summed E-state index contributed by atoms with van der Waals surface area (Å²) < 4.78 is 27.3. The Bertz CT molecular complexity index is 1180. The van der Waals surface area contributed by atoms with Gasteiger partial charge < -0.3 is 10.4 Å². The van der Waals surface area contributed by atoms with Crippen molar-refractivity contribution >= 4 is 27.3 Å². The van der Waals surface area contributed by atoms with Gasteiger partial charge in [0.05, 0.1) is 15.9 Å². The van der Waals surface area contributed by atoms with E-state index in [0.717, 1.165) is 0 Å². The lowest BCUT2D eigenvalue weighted by Crippen LogP contribution is -2.28. The molecule has 1 unspecified atom stereocenters. The van der Waals surface area contributed by atoms with Crippen LogP contribution in [0.15, 0.2) is 83.8 Å². The summed E-state index contributed by atoms with van der Waals surface area (Å²) in [5.74, 6) is -0.512. The Kier molecular flexibility index (Phi) is 6.63. The standard InChI is InChI=1S/C21H19N3O6S/c25-20(15-9-11-18(12-10-15)24(27)28)14-22-21(26)16-5-4-6-17(13-16)23-31(29,30)19-7-2-1-3-8-19/h1-13,20,23,25H,14H2,(H,22,26). The molecule has 10 heteroatoms. The fraction of sp³-hybridized carbons (Fsp3) is 0.0952. The zero-order valence-electron chi connectivity index (χ0n) is 16.1. The average molecular weight is 441 g/mol. The summed E-state index contributed by atoms with van der Waals surface area (Å²) in [4.78, 5) is 22.7. The lowest BCUT2D eigenvalue weighted by atomic mass is 10.1. The van der Waals surface area contributed by atoms with Crippen LogP contribution in [0.1, 0.15) is 22.0 Å². The number of amides is 1. The second kappa shape index (κ2) is 9.37. The molecule has 0 radical (unpaired) electrons. The summed E-state index contributed by atoms with van der Waals surface area (Å²) in [6.45, 7) is -0.128. The number of carbonyl (C=O) groups excluding carboxylic acids is 1. The van der Waals surface area contributed by atoms with Gasteiger partial charge in [0, 0.05) is 29.9 Å². The Balaban J connectivity index is 1.64. The number of hydrogen-bond acceptors (Lipinski definition) is 6. The van der Waals surface area contributed by atoms with Crippen LogP contribution >= 0.6 is 0 Å². The molecule has 0 aliphatic carbocycles. The first-order valence-electron chi connectivity index (χ1n) is 9.15. The van der Waals surface area contributed by atoms with Crippen molar-refractivity contribution in [2.24, 2.45) is 0 Å². The lowest BCUT2D eigenvalue weighted by molar-refractivity contribution is -0.384. The van der Waals surface area contributed by atoms with Gasteiger partial charge in [0.25, 0.3) is 21.6 Å². The number of nitrogens with one attached hydrogen (secondary N) is 2. The lowest BCUT2D eigenvalue weighted by Gasteiger charge is -2.13.